The lowest BCUT2D eigenvalue weighted by Crippen LogP contribution is -2.41. The van der Waals surface area contributed by atoms with Gasteiger partial charge in [-0.05, 0) is 57.8 Å². The van der Waals surface area contributed by atoms with Crippen LogP contribution >= 0.6 is 0 Å². The van der Waals surface area contributed by atoms with Crippen molar-refractivity contribution in [1.29, 1.82) is 0 Å². The smallest absolute Gasteiger partial charge is 0.110 e. The second-order valence-electron chi connectivity index (χ2n) is 4.91. The third kappa shape index (κ3) is 3.44. The Hall–Kier alpha value is -0.120. The molecule has 0 aromatic rings. The molecule has 88 valence electrons. The maximum atomic E-state index is 5.82. The van der Waals surface area contributed by atoms with Gasteiger partial charge in [0.15, 0.2) is 0 Å². The second-order valence-corrected chi connectivity index (χ2v) is 4.91. The Morgan fingerprint density at radius 1 is 1.33 bits per heavy atom. The summed E-state index contributed by atoms with van der Waals surface area (Å²) in [4.78, 5) is 2.53. The normalized spacial score (nSPS) is 30.6. The van der Waals surface area contributed by atoms with Crippen LogP contribution in [0, 0.1) is 5.92 Å². The summed E-state index contributed by atoms with van der Waals surface area (Å²) in [5.41, 5.74) is 0. The molecule has 2 rings (SSSR count). The minimum Gasteiger partial charge on any atom is -0.363 e. The highest BCUT2D eigenvalue weighted by Gasteiger charge is 2.21. The number of hydrogen-bond acceptors (Lipinski definition) is 3. The fraction of sp³-hybridized carbons (Fsp3) is 1.00. The molecule has 2 heterocycles. The summed E-state index contributed by atoms with van der Waals surface area (Å²) in [6.45, 7) is 8.24. The van der Waals surface area contributed by atoms with Crippen LogP contribution in [0.2, 0.25) is 0 Å². The molecule has 0 aromatic carbocycles. The van der Waals surface area contributed by atoms with Crippen molar-refractivity contribution in [2.24, 2.45) is 5.92 Å². The number of nitrogens with one attached hydrogen (secondary N) is 1. The van der Waals surface area contributed by atoms with Gasteiger partial charge in [-0.2, -0.15) is 0 Å². The van der Waals surface area contributed by atoms with Crippen LogP contribution in [0.1, 0.15) is 32.6 Å². The van der Waals surface area contributed by atoms with Crippen LogP contribution in [0.5, 0.6) is 0 Å². The third-order valence-corrected chi connectivity index (χ3v) is 3.58. The third-order valence-electron chi connectivity index (χ3n) is 3.58. The Kier molecular flexibility index (Phi) is 4.42. The predicted molar refractivity (Wildman–Crippen MR) is 61.8 cm³/mol. The van der Waals surface area contributed by atoms with Crippen LogP contribution in [0.25, 0.3) is 0 Å². The van der Waals surface area contributed by atoms with Gasteiger partial charge in [-0.3, -0.25) is 5.32 Å². The zero-order chi connectivity index (χ0) is 10.5. The predicted octanol–water partition coefficient (Wildman–Crippen LogP) is 1.44. The molecule has 0 bridgehead atoms. The van der Waals surface area contributed by atoms with Crippen molar-refractivity contribution in [3.63, 3.8) is 0 Å². The van der Waals surface area contributed by atoms with Crippen LogP contribution in [0.3, 0.4) is 0 Å². The van der Waals surface area contributed by atoms with E-state index in [0.717, 1.165) is 13.2 Å². The SMILES string of the molecule is CC(CCN1CCC1)C1NCCCCO1. The van der Waals surface area contributed by atoms with E-state index in [4.69, 9.17) is 4.74 Å². The van der Waals surface area contributed by atoms with Gasteiger partial charge in [0.25, 0.3) is 0 Å². The number of likely N-dealkylation sites (tertiary alicyclic amines) is 1. The van der Waals surface area contributed by atoms with E-state index in [0.29, 0.717) is 12.1 Å². The minimum atomic E-state index is 0.300. The fourth-order valence-corrected chi connectivity index (χ4v) is 2.25. The van der Waals surface area contributed by atoms with Gasteiger partial charge in [0.1, 0.15) is 6.23 Å². The van der Waals surface area contributed by atoms with E-state index in [-0.39, 0.29) is 0 Å². The Bertz CT molecular complexity index is 174. The lowest BCUT2D eigenvalue weighted by molar-refractivity contribution is -0.000761. The number of nitrogens with zero attached hydrogens (tertiary/aromatic N) is 1. The Balaban J connectivity index is 1.65. The van der Waals surface area contributed by atoms with Gasteiger partial charge in [0.2, 0.25) is 0 Å². The maximum Gasteiger partial charge on any atom is 0.110 e. The quantitative estimate of drug-likeness (QED) is 0.763. The van der Waals surface area contributed by atoms with Crippen molar-refractivity contribution in [3.05, 3.63) is 0 Å². The monoisotopic (exact) mass is 212 g/mol. The van der Waals surface area contributed by atoms with Gasteiger partial charge in [0.05, 0.1) is 0 Å². The Morgan fingerprint density at radius 2 is 2.20 bits per heavy atom. The molecule has 2 atom stereocenters. The highest BCUT2D eigenvalue weighted by Crippen LogP contribution is 2.15. The van der Waals surface area contributed by atoms with Crippen LogP contribution in [0.4, 0.5) is 0 Å². The maximum absolute atomic E-state index is 5.82. The van der Waals surface area contributed by atoms with E-state index in [2.05, 4.69) is 17.1 Å². The second kappa shape index (κ2) is 5.83. The number of rotatable bonds is 4. The van der Waals surface area contributed by atoms with Crippen molar-refractivity contribution >= 4 is 0 Å². The standard InChI is InChI=1S/C12H24N2O/c1-11(5-9-14-7-4-8-14)12-13-6-2-3-10-15-12/h11-13H,2-10H2,1H3. The summed E-state index contributed by atoms with van der Waals surface area (Å²) in [6, 6.07) is 0. The molecule has 0 spiro atoms. The van der Waals surface area contributed by atoms with E-state index < -0.39 is 0 Å². The van der Waals surface area contributed by atoms with E-state index in [9.17, 15) is 0 Å². The Labute approximate surface area is 93.2 Å². The Morgan fingerprint density at radius 3 is 2.93 bits per heavy atom. The summed E-state index contributed by atoms with van der Waals surface area (Å²) < 4.78 is 5.82. The van der Waals surface area contributed by atoms with Crippen LogP contribution in [-0.2, 0) is 4.74 Å². The van der Waals surface area contributed by atoms with Gasteiger partial charge in [-0.25, -0.2) is 0 Å². The molecule has 0 aliphatic carbocycles. The molecule has 2 fully saturated rings. The molecular formula is C12H24N2O. The summed E-state index contributed by atoms with van der Waals surface area (Å²) in [5.74, 6) is 0.642. The van der Waals surface area contributed by atoms with Gasteiger partial charge in [0, 0.05) is 6.61 Å². The van der Waals surface area contributed by atoms with Crippen LogP contribution < -0.4 is 5.32 Å². The van der Waals surface area contributed by atoms with Crippen LogP contribution in [-0.4, -0.2) is 43.9 Å². The zero-order valence-corrected chi connectivity index (χ0v) is 9.87. The highest BCUT2D eigenvalue weighted by atomic mass is 16.5. The zero-order valence-electron chi connectivity index (χ0n) is 9.87. The topological polar surface area (TPSA) is 24.5 Å². The summed E-state index contributed by atoms with van der Waals surface area (Å²) in [5, 5.41) is 3.50. The first-order valence-corrected chi connectivity index (χ1v) is 6.43. The van der Waals surface area contributed by atoms with E-state index >= 15 is 0 Å². The fourth-order valence-electron chi connectivity index (χ4n) is 2.25. The van der Waals surface area contributed by atoms with E-state index in [1.165, 1.54) is 45.3 Å². The lowest BCUT2D eigenvalue weighted by Gasteiger charge is -2.33. The van der Waals surface area contributed by atoms with Gasteiger partial charge in [-0.1, -0.05) is 6.92 Å². The molecule has 0 aromatic heterocycles. The number of hydrogen-bond donors (Lipinski definition) is 1. The average molecular weight is 212 g/mol. The van der Waals surface area contributed by atoms with Gasteiger partial charge >= 0.3 is 0 Å². The van der Waals surface area contributed by atoms with Crippen molar-refractivity contribution in [2.75, 3.05) is 32.8 Å². The molecule has 3 heteroatoms. The minimum absolute atomic E-state index is 0.300. The first-order valence-electron chi connectivity index (χ1n) is 6.43. The van der Waals surface area contributed by atoms with Crippen molar-refractivity contribution in [3.8, 4) is 0 Å². The molecule has 2 aliphatic heterocycles. The molecule has 2 saturated heterocycles. The summed E-state index contributed by atoms with van der Waals surface area (Å²) in [7, 11) is 0. The first-order chi connectivity index (χ1) is 7.36. The number of ether oxygens (including phenoxy) is 1. The molecule has 2 aliphatic rings. The average Bonchev–Trinajstić information content (AvgIpc) is 2.43. The molecule has 0 amide bonds. The summed E-state index contributed by atoms with van der Waals surface area (Å²) >= 11 is 0. The van der Waals surface area contributed by atoms with Crippen molar-refractivity contribution in [1.82, 2.24) is 10.2 Å². The van der Waals surface area contributed by atoms with Crippen molar-refractivity contribution in [2.45, 2.75) is 38.8 Å². The molecule has 3 nitrogen and oxygen atoms in total. The molecule has 0 radical (unpaired) electrons. The van der Waals surface area contributed by atoms with Gasteiger partial charge in [-0.15, -0.1) is 0 Å². The molecule has 0 saturated carbocycles. The molecule has 15 heavy (non-hydrogen) atoms. The van der Waals surface area contributed by atoms with Crippen molar-refractivity contribution < 1.29 is 4.74 Å². The summed E-state index contributed by atoms with van der Waals surface area (Å²) in [6.07, 6.45) is 5.43. The van der Waals surface area contributed by atoms with Gasteiger partial charge < -0.3 is 9.64 Å². The highest BCUT2D eigenvalue weighted by molar-refractivity contribution is 4.73. The van der Waals surface area contributed by atoms with Crippen LogP contribution in [0.15, 0.2) is 0 Å². The van der Waals surface area contributed by atoms with E-state index in [1.807, 2.05) is 0 Å². The lowest BCUT2D eigenvalue weighted by atomic mass is 10.0. The molecule has 2 unspecified atom stereocenters. The molecule has 1 N–H and O–H groups in total. The molecular weight excluding hydrogens is 188 g/mol. The first kappa shape index (κ1) is 11.4. The van der Waals surface area contributed by atoms with E-state index in [1.54, 1.807) is 0 Å². The largest absolute Gasteiger partial charge is 0.363 e.